The van der Waals surface area contributed by atoms with Crippen LogP contribution in [0.5, 0.6) is 0 Å². The Morgan fingerprint density at radius 3 is 2.34 bits per heavy atom. The van der Waals surface area contributed by atoms with E-state index in [1.807, 2.05) is 30.9 Å². The van der Waals surface area contributed by atoms with Crippen molar-refractivity contribution in [3.05, 3.63) is 77.1 Å². The van der Waals surface area contributed by atoms with E-state index in [-0.39, 0.29) is 16.5 Å². The summed E-state index contributed by atoms with van der Waals surface area (Å²) >= 11 is 0. The van der Waals surface area contributed by atoms with Gasteiger partial charge in [-0.25, -0.2) is 8.42 Å². The maximum atomic E-state index is 12.8. The summed E-state index contributed by atoms with van der Waals surface area (Å²) in [5.41, 5.74) is 2.10. The molecule has 1 amide bonds. The Morgan fingerprint density at radius 1 is 1.06 bits per heavy atom. The summed E-state index contributed by atoms with van der Waals surface area (Å²) < 4.78 is 67.9. The molecule has 32 heavy (non-hydrogen) atoms. The number of nitrogens with one attached hydrogen (secondary N) is 2. The number of hydrogen-bond donors (Lipinski definition) is 2. The molecule has 0 spiro atoms. The molecule has 0 unspecified atom stereocenters. The summed E-state index contributed by atoms with van der Waals surface area (Å²) in [4.78, 5) is 12.4. The molecule has 1 aliphatic heterocycles. The van der Waals surface area contributed by atoms with Crippen LogP contribution in [0.3, 0.4) is 0 Å². The Morgan fingerprint density at radius 2 is 1.75 bits per heavy atom. The second-order valence-electron chi connectivity index (χ2n) is 7.46. The highest BCUT2D eigenvalue weighted by Gasteiger charge is 2.30. The Balaban J connectivity index is 1.67. The van der Waals surface area contributed by atoms with Gasteiger partial charge in [0.05, 0.1) is 10.5 Å². The zero-order chi connectivity index (χ0) is 23.3. The monoisotopic (exact) mass is 461 g/mol. The van der Waals surface area contributed by atoms with E-state index >= 15 is 0 Å². The van der Waals surface area contributed by atoms with Crippen LogP contribution < -0.4 is 10.0 Å². The standard InChI is InChI=1S/C22H18F3N3O3S/c1-13-11-28(2)12-14(13)9-19-18-10-17(7-8-20(18)26-21(19)29)32(30,31)27-16-5-3-15(4-6-16)22(23,24)25/h3-12,27H,1-2H3,(H,26,29). The van der Waals surface area contributed by atoms with Gasteiger partial charge in [0.25, 0.3) is 15.9 Å². The van der Waals surface area contributed by atoms with Crippen LogP contribution in [0.4, 0.5) is 24.5 Å². The minimum atomic E-state index is -4.52. The minimum absolute atomic E-state index is 0.0108. The molecular formula is C22H18F3N3O3S. The van der Waals surface area contributed by atoms with Crippen molar-refractivity contribution in [1.29, 1.82) is 0 Å². The summed E-state index contributed by atoms with van der Waals surface area (Å²) in [6.45, 7) is 1.90. The molecule has 1 aromatic heterocycles. The molecule has 0 saturated carbocycles. The number of hydrogen-bond acceptors (Lipinski definition) is 3. The highest BCUT2D eigenvalue weighted by Crippen LogP contribution is 2.36. The van der Waals surface area contributed by atoms with Crippen molar-refractivity contribution in [3.8, 4) is 0 Å². The maximum Gasteiger partial charge on any atom is 0.416 e. The molecule has 6 nitrogen and oxygen atoms in total. The topological polar surface area (TPSA) is 80.2 Å². The van der Waals surface area contributed by atoms with Gasteiger partial charge in [-0.1, -0.05) is 0 Å². The van der Waals surface area contributed by atoms with Crippen LogP contribution >= 0.6 is 0 Å². The van der Waals surface area contributed by atoms with Crippen LogP contribution in [0.25, 0.3) is 11.6 Å². The average molecular weight is 461 g/mol. The molecule has 0 fully saturated rings. The minimum Gasteiger partial charge on any atom is -0.356 e. The second kappa shape index (κ2) is 7.56. The van der Waals surface area contributed by atoms with Gasteiger partial charge in [0.15, 0.2) is 0 Å². The van der Waals surface area contributed by atoms with Crippen LogP contribution in [-0.4, -0.2) is 18.9 Å². The van der Waals surface area contributed by atoms with Gasteiger partial charge < -0.3 is 9.88 Å². The largest absolute Gasteiger partial charge is 0.416 e. The smallest absolute Gasteiger partial charge is 0.356 e. The third-order valence-corrected chi connectivity index (χ3v) is 6.42. The van der Waals surface area contributed by atoms with Crippen molar-refractivity contribution in [3.63, 3.8) is 0 Å². The van der Waals surface area contributed by atoms with E-state index in [0.717, 1.165) is 35.4 Å². The number of alkyl halides is 3. The maximum absolute atomic E-state index is 12.8. The summed E-state index contributed by atoms with van der Waals surface area (Å²) in [6.07, 6.45) is 0.919. The van der Waals surface area contributed by atoms with Gasteiger partial charge in [-0.05, 0) is 66.6 Å². The first-order valence-corrected chi connectivity index (χ1v) is 10.9. The third kappa shape index (κ3) is 4.13. The van der Waals surface area contributed by atoms with E-state index in [4.69, 9.17) is 0 Å². The van der Waals surface area contributed by atoms with Gasteiger partial charge >= 0.3 is 6.18 Å². The number of sulfonamides is 1. The van der Waals surface area contributed by atoms with E-state index in [1.165, 1.54) is 18.2 Å². The van der Waals surface area contributed by atoms with Crippen molar-refractivity contribution in [1.82, 2.24) is 4.57 Å². The van der Waals surface area contributed by atoms with Crippen molar-refractivity contribution < 1.29 is 26.4 Å². The number of carbonyl (C=O) groups excluding carboxylic acids is 1. The number of halogens is 3. The van der Waals surface area contributed by atoms with Crippen LogP contribution in [-0.2, 0) is 28.0 Å². The van der Waals surface area contributed by atoms with E-state index in [0.29, 0.717) is 16.8 Å². The fourth-order valence-corrected chi connectivity index (χ4v) is 4.55. The van der Waals surface area contributed by atoms with Crippen molar-refractivity contribution in [2.45, 2.75) is 18.0 Å². The number of benzene rings is 2. The summed E-state index contributed by atoms with van der Waals surface area (Å²) in [5, 5.41) is 2.71. The van der Waals surface area contributed by atoms with E-state index in [1.54, 1.807) is 6.08 Å². The van der Waals surface area contributed by atoms with Crippen molar-refractivity contribution in [2.24, 2.45) is 7.05 Å². The highest BCUT2D eigenvalue weighted by atomic mass is 32.2. The number of carbonyl (C=O) groups is 1. The third-order valence-electron chi connectivity index (χ3n) is 5.04. The van der Waals surface area contributed by atoms with E-state index in [9.17, 15) is 26.4 Å². The molecule has 0 radical (unpaired) electrons. The summed E-state index contributed by atoms with van der Waals surface area (Å²) in [7, 11) is -2.25. The Hall–Kier alpha value is -3.53. The molecule has 166 valence electrons. The lowest BCUT2D eigenvalue weighted by Crippen LogP contribution is -2.13. The molecule has 3 aromatic rings. The number of aryl methyl sites for hydroxylation is 2. The predicted molar refractivity (Wildman–Crippen MR) is 115 cm³/mol. The number of amides is 1. The number of fused-ring (bicyclic) bond motifs is 1. The van der Waals surface area contributed by atoms with E-state index in [2.05, 4.69) is 10.0 Å². The van der Waals surface area contributed by atoms with Crippen LogP contribution in [0, 0.1) is 6.92 Å². The van der Waals surface area contributed by atoms with Gasteiger partial charge in [-0.15, -0.1) is 0 Å². The first-order chi connectivity index (χ1) is 14.9. The van der Waals surface area contributed by atoms with Gasteiger partial charge in [0.2, 0.25) is 0 Å². The van der Waals surface area contributed by atoms with Crippen LogP contribution in [0.2, 0.25) is 0 Å². The normalized spacial score (nSPS) is 15.0. The summed E-state index contributed by atoms with van der Waals surface area (Å²) in [6, 6.07) is 7.85. The molecule has 2 heterocycles. The van der Waals surface area contributed by atoms with Gasteiger partial charge in [-0.2, -0.15) is 13.2 Å². The Labute approximate surface area is 182 Å². The quantitative estimate of drug-likeness (QED) is 0.556. The van der Waals surface area contributed by atoms with E-state index < -0.39 is 21.8 Å². The highest BCUT2D eigenvalue weighted by molar-refractivity contribution is 7.92. The molecular weight excluding hydrogens is 443 g/mol. The Bertz CT molecular complexity index is 1360. The predicted octanol–water partition coefficient (Wildman–Crippen LogP) is 4.65. The van der Waals surface area contributed by atoms with Crippen molar-refractivity contribution >= 4 is 39.0 Å². The molecule has 4 rings (SSSR count). The molecule has 2 aromatic carbocycles. The van der Waals surface area contributed by atoms with Gasteiger partial charge in [0.1, 0.15) is 0 Å². The molecule has 1 aliphatic rings. The molecule has 10 heteroatoms. The number of rotatable bonds is 4. The van der Waals surface area contributed by atoms with Crippen molar-refractivity contribution in [2.75, 3.05) is 10.0 Å². The lowest BCUT2D eigenvalue weighted by molar-refractivity contribution is -0.137. The molecule has 0 aliphatic carbocycles. The lowest BCUT2D eigenvalue weighted by Gasteiger charge is -2.11. The fraction of sp³-hybridized carbons (Fsp3) is 0.136. The SMILES string of the molecule is Cc1cn(C)cc1C=C1C(=O)Nc2ccc(S(=O)(=O)Nc3ccc(C(F)(F)F)cc3)cc21. The molecule has 0 atom stereocenters. The Kier molecular flexibility index (Phi) is 5.12. The number of nitrogens with zero attached hydrogens (tertiary/aromatic N) is 1. The zero-order valence-corrected chi connectivity index (χ0v) is 17.8. The first-order valence-electron chi connectivity index (χ1n) is 9.44. The van der Waals surface area contributed by atoms with Gasteiger partial charge in [0, 0.05) is 42.0 Å². The fourth-order valence-electron chi connectivity index (χ4n) is 3.46. The first kappa shape index (κ1) is 21.7. The number of aromatic nitrogens is 1. The lowest BCUT2D eigenvalue weighted by atomic mass is 10.0. The summed E-state index contributed by atoms with van der Waals surface area (Å²) in [5.74, 6) is -0.353. The second-order valence-corrected chi connectivity index (χ2v) is 9.14. The number of anilines is 2. The van der Waals surface area contributed by atoms with Gasteiger partial charge in [-0.3, -0.25) is 9.52 Å². The molecule has 0 saturated heterocycles. The average Bonchev–Trinajstić information content (AvgIpc) is 3.18. The molecule has 2 N–H and O–H groups in total. The van der Waals surface area contributed by atoms with Crippen LogP contribution in [0.15, 0.2) is 59.8 Å². The molecule has 0 bridgehead atoms. The van der Waals surface area contributed by atoms with Crippen LogP contribution in [0.1, 0.15) is 22.3 Å². The zero-order valence-electron chi connectivity index (χ0n) is 17.0.